The Morgan fingerprint density at radius 3 is 2.67 bits per heavy atom. The zero-order valence-corrected chi connectivity index (χ0v) is 9.77. The molecule has 78 valence electrons. The molecular formula is C12H14N2S. The van der Waals surface area contributed by atoms with E-state index in [0.717, 1.165) is 17.2 Å². The van der Waals surface area contributed by atoms with Gasteiger partial charge in [-0.1, -0.05) is 30.3 Å². The van der Waals surface area contributed by atoms with Gasteiger partial charge in [0.15, 0.2) is 0 Å². The van der Waals surface area contributed by atoms with Crippen LogP contribution in [0, 0.1) is 6.92 Å². The Hall–Kier alpha value is -1.19. The lowest BCUT2D eigenvalue weighted by molar-refractivity contribution is 0.823. The first-order chi connectivity index (χ1) is 7.31. The van der Waals surface area contributed by atoms with Crippen molar-refractivity contribution in [2.24, 2.45) is 0 Å². The van der Waals surface area contributed by atoms with Crippen LogP contribution in [0.1, 0.15) is 10.6 Å². The molecule has 0 aliphatic carbocycles. The zero-order chi connectivity index (χ0) is 10.7. The molecule has 2 aromatic rings. The highest BCUT2D eigenvalue weighted by atomic mass is 32.1. The Balaban J connectivity index is 2.34. The van der Waals surface area contributed by atoms with E-state index >= 15 is 0 Å². The fourth-order valence-corrected chi connectivity index (χ4v) is 2.54. The molecule has 0 unspecified atom stereocenters. The number of aryl methyl sites for hydroxylation is 1. The molecular weight excluding hydrogens is 204 g/mol. The number of nitrogens with zero attached hydrogens (tertiary/aromatic N) is 1. The van der Waals surface area contributed by atoms with E-state index < -0.39 is 0 Å². The third-order valence-electron chi connectivity index (χ3n) is 2.25. The summed E-state index contributed by atoms with van der Waals surface area (Å²) < 4.78 is 0. The molecule has 1 aromatic heterocycles. The van der Waals surface area contributed by atoms with Gasteiger partial charge in [0, 0.05) is 17.0 Å². The first-order valence-electron chi connectivity index (χ1n) is 4.97. The first-order valence-corrected chi connectivity index (χ1v) is 5.79. The smallest absolute Gasteiger partial charge is 0.123 e. The lowest BCUT2D eigenvalue weighted by Gasteiger charge is -1.94. The fourth-order valence-electron chi connectivity index (χ4n) is 1.46. The fraction of sp³-hybridized carbons (Fsp3) is 0.250. The van der Waals surface area contributed by atoms with Crippen LogP contribution in [0.25, 0.3) is 10.6 Å². The van der Waals surface area contributed by atoms with Crippen molar-refractivity contribution in [3.05, 3.63) is 40.9 Å². The van der Waals surface area contributed by atoms with Crippen molar-refractivity contribution in [3.8, 4) is 10.6 Å². The maximum absolute atomic E-state index is 4.58. The van der Waals surface area contributed by atoms with Crippen LogP contribution < -0.4 is 5.32 Å². The minimum Gasteiger partial charge on any atom is -0.315 e. The summed E-state index contributed by atoms with van der Waals surface area (Å²) in [6.45, 7) is 2.96. The van der Waals surface area contributed by atoms with Gasteiger partial charge in [0.25, 0.3) is 0 Å². The van der Waals surface area contributed by atoms with Crippen LogP contribution in [0.2, 0.25) is 0 Å². The normalized spacial score (nSPS) is 10.5. The summed E-state index contributed by atoms with van der Waals surface area (Å²) in [5.41, 5.74) is 2.33. The van der Waals surface area contributed by atoms with Gasteiger partial charge in [-0.15, -0.1) is 11.3 Å². The minimum atomic E-state index is 0.899. The summed E-state index contributed by atoms with van der Waals surface area (Å²) in [6, 6.07) is 10.3. The molecule has 0 aliphatic heterocycles. The molecule has 0 bridgehead atoms. The van der Waals surface area contributed by atoms with E-state index in [1.165, 1.54) is 10.4 Å². The van der Waals surface area contributed by atoms with Crippen LogP contribution in [0.4, 0.5) is 0 Å². The van der Waals surface area contributed by atoms with E-state index in [0.29, 0.717) is 0 Å². The predicted octanol–water partition coefficient (Wildman–Crippen LogP) is 2.84. The second-order valence-corrected chi connectivity index (χ2v) is 4.51. The Morgan fingerprint density at radius 2 is 2.00 bits per heavy atom. The van der Waals surface area contributed by atoms with Crippen LogP contribution >= 0.6 is 11.3 Å². The molecule has 0 spiro atoms. The minimum absolute atomic E-state index is 0.899. The summed E-state index contributed by atoms with van der Waals surface area (Å²) in [5.74, 6) is 0. The first kappa shape index (κ1) is 10.3. The molecule has 2 rings (SSSR count). The van der Waals surface area contributed by atoms with Crippen molar-refractivity contribution < 1.29 is 0 Å². The summed E-state index contributed by atoms with van der Waals surface area (Å²) in [7, 11) is 1.96. The van der Waals surface area contributed by atoms with Gasteiger partial charge in [0.05, 0.1) is 5.69 Å². The monoisotopic (exact) mass is 218 g/mol. The maximum Gasteiger partial charge on any atom is 0.123 e. The van der Waals surface area contributed by atoms with E-state index in [-0.39, 0.29) is 0 Å². The highest BCUT2D eigenvalue weighted by Crippen LogP contribution is 2.27. The lowest BCUT2D eigenvalue weighted by atomic mass is 10.2. The van der Waals surface area contributed by atoms with Crippen molar-refractivity contribution in [2.45, 2.75) is 13.5 Å². The third kappa shape index (κ3) is 2.25. The van der Waals surface area contributed by atoms with Crippen LogP contribution in [-0.2, 0) is 6.54 Å². The van der Waals surface area contributed by atoms with Crippen molar-refractivity contribution in [2.75, 3.05) is 7.05 Å². The van der Waals surface area contributed by atoms with E-state index in [1.54, 1.807) is 11.3 Å². The van der Waals surface area contributed by atoms with Gasteiger partial charge in [0.1, 0.15) is 5.01 Å². The van der Waals surface area contributed by atoms with Gasteiger partial charge in [-0.25, -0.2) is 4.98 Å². The van der Waals surface area contributed by atoms with Gasteiger partial charge in [-0.2, -0.15) is 0 Å². The second-order valence-electron chi connectivity index (χ2n) is 3.42. The quantitative estimate of drug-likeness (QED) is 0.857. The topological polar surface area (TPSA) is 24.9 Å². The number of rotatable bonds is 3. The van der Waals surface area contributed by atoms with E-state index in [2.05, 4.69) is 29.4 Å². The molecule has 1 aromatic carbocycles. The van der Waals surface area contributed by atoms with Gasteiger partial charge >= 0.3 is 0 Å². The standard InChI is InChI=1S/C12H14N2S/c1-9-11(8-13-2)15-12(14-9)10-6-4-3-5-7-10/h3-7,13H,8H2,1-2H3. The molecule has 0 saturated heterocycles. The SMILES string of the molecule is CNCc1sc(-c2ccccc2)nc1C. The van der Waals surface area contributed by atoms with Crippen LogP contribution in [0.15, 0.2) is 30.3 Å². The molecule has 0 amide bonds. The Kier molecular flexibility index (Phi) is 3.14. The molecule has 0 fully saturated rings. The van der Waals surface area contributed by atoms with Crippen molar-refractivity contribution in [1.29, 1.82) is 0 Å². The van der Waals surface area contributed by atoms with Crippen molar-refractivity contribution >= 4 is 11.3 Å². The number of hydrogen-bond acceptors (Lipinski definition) is 3. The maximum atomic E-state index is 4.58. The van der Waals surface area contributed by atoms with Gasteiger partial charge < -0.3 is 5.32 Å². The van der Waals surface area contributed by atoms with E-state index in [9.17, 15) is 0 Å². The van der Waals surface area contributed by atoms with Gasteiger partial charge in [-0.05, 0) is 14.0 Å². The summed E-state index contributed by atoms with van der Waals surface area (Å²) in [6.07, 6.45) is 0. The molecule has 0 radical (unpaired) electrons. The average molecular weight is 218 g/mol. The van der Waals surface area contributed by atoms with Crippen LogP contribution in [-0.4, -0.2) is 12.0 Å². The highest BCUT2D eigenvalue weighted by Gasteiger charge is 2.07. The van der Waals surface area contributed by atoms with E-state index in [4.69, 9.17) is 0 Å². The van der Waals surface area contributed by atoms with E-state index in [1.807, 2.05) is 25.2 Å². The molecule has 0 aliphatic rings. The highest BCUT2D eigenvalue weighted by molar-refractivity contribution is 7.15. The average Bonchev–Trinajstić information content (AvgIpc) is 2.63. The number of thiazole rings is 1. The van der Waals surface area contributed by atoms with Crippen molar-refractivity contribution in [1.82, 2.24) is 10.3 Å². The number of nitrogens with one attached hydrogen (secondary N) is 1. The van der Waals surface area contributed by atoms with Crippen molar-refractivity contribution in [3.63, 3.8) is 0 Å². The van der Waals surface area contributed by atoms with Crippen LogP contribution in [0.3, 0.4) is 0 Å². The zero-order valence-electron chi connectivity index (χ0n) is 8.95. The van der Waals surface area contributed by atoms with Crippen LogP contribution in [0.5, 0.6) is 0 Å². The molecule has 0 atom stereocenters. The Morgan fingerprint density at radius 1 is 1.27 bits per heavy atom. The van der Waals surface area contributed by atoms with Gasteiger partial charge in [0.2, 0.25) is 0 Å². The number of benzene rings is 1. The molecule has 15 heavy (non-hydrogen) atoms. The summed E-state index contributed by atoms with van der Waals surface area (Å²) in [4.78, 5) is 5.89. The number of aromatic nitrogens is 1. The number of hydrogen-bond donors (Lipinski definition) is 1. The lowest BCUT2D eigenvalue weighted by Crippen LogP contribution is -2.04. The second kappa shape index (κ2) is 4.55. The molecule has 1 heterocycles. The third-order valence-corrected chi connectivity index (χ3v) is 3.46. The predicted molar refractivity (Wildman–Crippen MR) is 65.1 cm³/mol. The Labute approximate surface area is 94.0 Å². The summed E-state index contributed by atoms with van der Waals surface area (Å²) >= 11 is 1.76. The summed E-state index contributed by atoms with van der Waals surface area (Å²) in [5, 5.41) is 4.27. The molecule has 1 N–H and O–H groups in total. The molecule has 2 nitrogen and oxygen atoms in total. The molecule has 0 saturated carbocycles. The molecule has 3 heteroatoms. The Bertz CT molecular complexity index is 434. The van der Waals surface area contributed by atoms with Gasteiger partial charge in [-0.3, -0.25) is 0 Å². The largest absolute Gasteiger partial charge is 0.315 e.